The molecule has 2 atom stereocenters. The first-order valence-electron chi connectivity index (χ1n) is 5.62. The molecule has 1 aliphatic carbocycles. The van der Waals surface area contributed by atoms with Gasteiger partial charge in [-0.05, 0) is 19.8 Å². The Morgan fingerprint density at radius 1 is 1.50 bits per heavy atom. The molecule has 1 saturated carbocycles. The quantitative estimate of drug-likeness (QED) is 0.751. The molecule has 6 heteroatoms. The largest absolute Gasteiger partial charge is 0.392 e. The van der Waals surface area contributed by atoms with Crippen LogP contribution in [-0.2, 0) is 6.54 Å². The lowest BCUT2D eigenvalue weighted by Gasteiger charge is -2.14. The van der Waals surface area contributed by atoms with E-state index in [1.54, 1.807) is 18.7 Å². The first-order chi connectivity index (χ1) is 7.63. The normalized spacial score (nSPS) is 19.8. The monoisotopic (exact) mass is 242 g/mol. The van der Waals surface area contributed by atoms with E-state index in [-0.39, 0.29) is 11.4 Å². The SMILES string of the molecule is CC(O)C(C)Sc1nnc(CN)n1C1CC1. The van der Waals surface area contributed by atoms with E-state index in [1.807, 2.05) is 6.92 Å². The van der Waals surface area contributed by atoms with Crippen molar-refractivity contribution >= 4 is 11.8 Å². The lowest BCUT2D eigenvalue weighted by atomic mass is 10.3. The Balaban J connectivity index is 2.17. The summed E-state index contributed by atoms with van der Waals surface area (Å²) in [6, 6.07) is 0.525. The molecule has 1 aromatic heterocycles. The van der Waals surface area contributed by atoms with E-state index in [1.165, 1.54) is 12.8 Å². The zero-order chi connectivity index (χ0) is 11.7. The third kappa shape index (κ3) is 2.39. The highest BCUT2D eigenvalue weighted by atomic mass is 32.2. The van der Waals surface area contributed by atoms with Gasteiger partial charge in [-0.2, -0.15) is 0 Å². The summed E-state index contributed by atoms with van der Waals surface area (Å²) in [5, 5.41) is 18.7. The van der Waals surface area contributed by atoms with Gasteiger partial charge in [0, 0.05) is 11.3 Å². The highest BCUT2D eigenvalue weighted by molar-refractivity contribution is 7.99. The third-order valence-corrected chi connectivity index (χ3v) is 4.06. The molecule has 0 radical (unpaired) electrons. The van der Waals surface area contributed by atoms with Crippen LogP contribution in [0.25, 0.3) is 0 Å². The molecule has 1 fully saturated rings. The molecule has 90 valence electrons. The Morgan fingerprint density at radius 2 is 2.19 bits per heavy atom. The maximum absolute atomic E-state index is 9.49. The summed E-state index contributed by atoms with van der Waals surface area (Å²) in [5.41, 5.74) is 5.64. The molecule has 1 aromatic rings. The summed E-state index contributed by atoms with van der Waals surface area (Å²) in [5.74, 6) is 0.850. The number of aliphatic hydroxyl groups excluding tert-OH is 1. The zero-order valence-corrected chi connectivity index (χ0v) is 10.4. The van der Waals surface area contributed by atoms with Gasteiger partial charge in [-0.3, -0.25) is 0 Å². The molecule has 2 rings (SSSR count). The summed E-state index contributed by atoms with van der Waals surface area (Å²) < 4.78 is 2.13. The van der Waals surface area contributed by atoms with Crippen molar-refractivity contribution < 1.29 is 5.11 Å². The number of aliphatic hydroxyl groups is 1. The smallest absolute Gasteiger partial charge is 0.191 e. The van der Waals surface area contributed by atoms with Crippen LogP contribution in [0.4, 0.5) is 0 Å². The number of rotatable bonds is 5. The molecule has 1 heterocycles. The van der Waals surface area contributed by atoms with Crippen LogP contribution in [0.1, 0.15) is 38.6 Å². The van der Waals surface area contributed by atoms with Crippen LogP contribution in [0.15, 0.2) is 5.16 Å². The molecule has 5 nitrogen and oxygen atoms in total. The summed E-state index contributed by atoms with van der Waals surface area (Å²) in [6.07, 6.45) is 2.01. The van der Waals surface area contributed by atoms with E-state index in [4.69, 9.17) is 5.73 Å². The predicted octanol–water partition coefficient (Wildman–Crippen LogP) is 0.933. The van der Waals surface area contributed by atoms with Gasteiger partial charge in [-0.25, -0.2) is 0 Å². The summed E-state index contributed by atoms with van der Waals surface area (Å²) >= 11 is 1.57. The Morgan fingerprint density at radius 3 is 2.69 bits per heavy atom. The van der Waals surface area contributed by atoms with E-state index < -0.39 is 0 Å². The van der Waals surface area contributed by atoms with Crippen molar-refractivity contribution in [2.75, 3.05) is 0 Å². The lowest BCUT2D eigenvalue weighted by molar-refractivity contribution is 0.196. The van der Waals surface area contributed by atoms with Crippen molar-refractivity contribution in [1.29, 1.82) is 0 Å². The molecule has 2 unspecified atom stereocenters. The molecule has 0 saturated heterocycles. The Labute approximate surface area is 99.4 Å². The van der Waals surface area contributed by atoms with E-state index in [0.29, 0.717) is 12.6 Å². The summed E-state index contributed by atoms with van der Waals surface area (Å²) in [4.78, 5) is 0. The molecule has 0 spiro atoms. The van der Waals surface area contributed by atoms with Gasteiger partial charge in [0.05, 0.1) is 12.6 Å². The van der Waals surface area contributed by atoms with Crippen LogP contribution in [-0.4, -0.2) is 31.2 Å². The van der Waals surface area contributed by atoms with Crippen LogP contribution in [0, 0.1) is 0 Å². The van der Waals surface area contributed by atoms with Crippen molar-refractivity contribution in [1.82, 2.24) is 14.8 Å². The van der Waals surface area contributed by atoms with Crippen molar-refractivity contribution in [3.63, 3.8) is 0 Å². The molecule has 0 bridgehead atoms. The molecule has 3 N–H and O–H groups in total. The third-order valence-electron chi connectivity index (χ3n) is 2.80. The highest BCUT2D eigenvalue weighted by Crippen LogP contribution is 2.39. The van der Waals surface area contributed by atoms with E-state index in [0.717, 1.165) is 11.0 Å². The number of aromatic nitrogens is 3. The number of nitrogens with two attached hydrogens (primary N) is 1. The summed E-state index contributed by atoms with van der Waals surface area (Å²) in [6.45, 7) is 4.20. The lowest BCUT2D eigenvalue weighted by Crippen LogP contribution is -2.16. The maximum atomic E-state index is 9.49. The van der Waals surface area contributed by atoms with Crippen LogP contribution in [0.5, 0.6) is 0 Å². The molecule has 1 aliphatic rings. The average Bonchev–Trinajstić information content (AvgIpc) is 3.00. The first kappa shape index (κ1) is 11.9. The number of hydrogen-bond acceptors (Lipinski definition) is 5. The molecule has 16 heavy (non-hydrogen) atoms. The van der Waals surface area contributed by atoms with Gasteiger partial charge in [0.15, 0.2) is 5.16 Å². The van der Waals surface area contributed by atoms with Gasteiger partial charge in [0.2, 0.25) is 0 Å². The number of hydrogen-bond donors (Lipinski definition) is 2. The van der Waals surface area contributed by atoms with E-state index >= 15 is 0 Å². The maximum Gasteiger partial charge on any atom is 0.191 e. The van der Waals surface area contributed by atoms with Gasteiger partial charge in [0.25, 0.3) is 0 Å². The topological polar surface area (TPSA) is 77.0 Å². The van der Waals surface area contributed by atoms with Gasteiger partial charge < -0.3 is 15.4 Å². The predicted molar refractivity (Wildman–Crippen MR) is 63.2 cm³/mol. The zero-order valence-electron chi connectivity index (χ0n) is 9.63. The average molecular weight is 242 g/mol. The second kappa shape index (κ2) is 4.73. The molecular formula is C10H18N4OS. The van der Waals surface area contributed by atoms with Crippen LogP contribution in [0.3, 0.4) is 0 Å². The minimum Gasteiger partial charge on any atom is -0.392 e. The number of nitrogens with zero attached hydrogens (tertiary/aromatic N) is 3. The fourth-order valence-electron chi connectivity index (χ4n) is 1.49. The van der Waals surface area contributed by atoms with Gasteiger partial charge >= 0.3 is 0 Å². The van der Waals surface area contributed by atoms with Gasteiger partial charge in [-0.1, -0.05) is 18.7 Å². The second-order valence-electron chi connectivity index (χ2n) is 4.27. The molecular weight excluding hydrogens is 224 g/mol. The van der Waals surface area contributed by atoms with Crippen molar-refractivity contribution in [2.24, 2.45) is 5.73 Å². The molecule has 0 amide bonds. The minimum atomic E-state index is -0.351. The fraction of sp³-hybridized carbons (Fsp3) is 0.800. The van der Waals surface area contributed by atoms with Crippen LogP contribution < -0.4 is 5.73 Å². The molecule has 0 aromatic carbocycles. The second-order valence-corrected chi connectivity index (χ2v) is 5.61. The minimum absolute atomic E-state index is 0.118. The highest BCUT2D eigenvalue weighted by Gasteiger charge is 2.30. The molecule has 0 aliphatic heterocycles. The van der Waals surface area contributed by atoms with Crippen LogP contribution in [0.2, 0.25) is 0 Å². The van der Waals surface area contributed by atoms with E-state index in [2.05, 4.69) is 14.8 Å². The van der Waals surface area contributed by atoms with Gasteiger partial charge in [0.1, 0.15) is 5.82 Å². The Kier molecular flexibility index (Phi) is 3.51. The Bertz CT molecular complexity index is 362. The Hall–Kier alpha value is -0.590. The number of thioether (sulfide) groups is 1. The van der Waals surface area contributed by atoms with Crippen molar-refractivity contribution in [3.8, 4) is 0 Å². The van der Waals surface area contributed by atoms with Crippen LogP contribution >= 0.6 is 11.8 Å². The van der Waals surface area contributed by atoms with Crippen molar-refractivity contribution in [3.05, 3.63) is 5.82 Å². The first-order valence-corrected chi connectivity index (χ1v) is 6.50. The van der Waals surface area contributed by atoms with E-state index in [9.17, 15) is 5.11 Å². The van der Waals surface area contributed by atoms with Gasteiger partial charge in [-0.15, -0.1) is 10.2 Å². The summed E-state index contributed by atoms with van der Waals surface area (Å²) in [7, 11) is 0. The van der Waals surface area contributed by atoms with Crippen molar-refractivity contribution in [2.45, 2.75) is 55.8 Å². The standard InChI is InChI=1S/C10H18N4OS/c1-6(15)7(2)16-10-13-12-9(5-11)14(10)8-3-4-8/h6-8,15H,3-5,11H2,1-2H3. The fourth-order valence-corrected chi connectivity index (χ4v) is 2.48.